The van der Waals surface area contributed by atoms with Gasteiger partial charge >= 0.3 is 0 Å². The normalized spacial score (nSPS) is 13.8. The van der Waals surface area contributed by atoms with Gasteiger partial charge in [-0.1, -0.05) is 62.2 Å². The minimum Gasteiger partial charge on any atom is -0.495 e. The first kappa shape index (κ1) is 22.1. The largest absolute Gasteiger partial charge is 0.495 e. The van der Waals surface area contributed by atoms with Crippen molar-refractivity contribution in [1.29, 1.82) is 0 Å². The third kappa shape index (κ3) is 4.55. The Morgan fingerprint density at radius 2 is 1.75 bits per heavy atom. The Labute approximate surface area is 190 Å². The van der Waals surface area contributed by atoms with E-state index in [0.29, 0.717) is 25.7 Å². The summed E-state index contributed by atoms with van der Waals surface area (Å²) in [6, 6.07) is 18.0. The molecule has 1 aliphatic rings. The number of para-hydroxylation sites is 2. The molecule has 2 heterocycles. The number of nitrogens with zero attached hydrogens (tertiary/aromatic N) is 4. The van der Waals surface area contributed by atoms with Crippen molar-refractivity contribution < 1.29 is 4.74 Å². The molecule has 6 heteroatoms. The van der Waals surface area contributed by atoms with Crippen molar-refractivity contribution in [2.24, 2.45) is 0 Å². The molecule has 32 heavy (non-hydrogen) atoms. The highest BCUT2D eigenvalue weighted by Gasteiger charge is 2.29. The van der Waals surface area contributed by atoms with E-state index in [1.165, 1.54) is 12.8 Å². The number of anilines is 2. The van der Waals surface area contributed by atoms with Crippen molar-refractivity contribution in [2.75, 3.05) is 25.2 Å². The third-order valence-corrected chi connectivity index (χ3v) is 6.05. The topological polar surface area (TPSA) is 50.6 Å². The summed E-state index contributed by atoms with van der Waals surface area (Å²) in [5.41, 5.74) is 3.62. The van der Waals surface area contributed by atoms with Crippen molar-refractivity contribution in [1.82, 2.24) is 14.5 Å². The molecule has 4 rings (SSSR count). The average molecular weight is 433 g/mol. The van der Waals surface area contributed by atoms with Crippen molar-refractivity contribution in [2.45, 2.75) is 46.2 Å². The minimum atomic E-state index is 0.0384. The van der Waals surface area contributed by atoms with Crippen LogP contribution in [-0.2, 0) is 13.1 Å². The molecule has 0 unspecified atom stereocenters. The summed E-state index contributed by atoms with van der Waals surface area (Å²) < 4.78 is 7.46. The van der Waals surface area contributed by atoms with Gasteiger partial charge in [-0.3, -0.25) is 19.2 Å². The molecule has 0 amide bonds. The predicted molar refractivity (Wildman–Crippen MR) is 129 cm³/mol. The molecule has 2 aromatic carbocycles. The Morgan fingerprint density at radius 1 is 1.00 bits per heavy atom. The molecule has 0 aliphatic carbocycles. The molecule has 0 radical (unpaired) electrons. The average Bonchev–Trinajstić information content (AvgIpc) is 2.82. The van der Waals surface area contributed by atoms with E-state index >= 15 is 0 Å². The van der Waals surface area contributed by atoms with Crippen LogP contribution in [-0.4, -0.2) is 34.8 Å². The van der Waals surface area contributed by atoms with Gasteiger partial charge in [0.1, 0.15) is 5.75 Å². The standard InChI is InChI=1S/C26H32N4O2/c1-4-5-11-16-28-18-29(23-14-9-10-15-24(23)32-3)26-27-20(2)22(25(31)30(26)19-28)17-21-12-7-6-8-13-21/h6-10,12-15H,4-5,11,16-19H2,1-3H3. The molecular formula is C26H32N4O2. The molecular weight excluding hydrogens is 400 g/mol. The van der Waals surface area contributed by atoms with E-state index in [1.807, 2.05) is 54.0 Å². The Hall–Kier alpha value is -3.12. The first-order chi connectivity index (χ1) is 15.6. The highest BCUT2D eigenvalue weighted by molar-refractivity contribution is 5.66. The van der Waals surface area contributed by atoms with Crippen LogP contribution in [0, 0.1) is 6.92 Å². The predicted octanol–water partition coefficient (Wildman–Crippen LogP) is 4.71. The summed E-state index contributed by atoms with van der Waals surface area (Å²) in [6.07, 6.45) is 4.04. The lowest BCUT2D eigenvalue weighted by atomic mass is 10.1. The maximum absolute atomic E-state index is 13.7. The molecule has 0 atom stereocenters. The van der Waals surface area contributed by atoms with Crippen LogP contribution < -0.4 is 15.2 Å². The van der Waals surface area contributed by atoms with Crippen LogP contribution in [0.5, 0.6) is 5.75 Å². The fraction of sp³-hybridized carbons (Fsp3) is 0.385. The number of methoxy groups -OCH3 is 1. The van der Waals surface area contributed by atoms with Gasteiger partial charge in [0, 0.05) is 18.5 Å². The summed E-state index contributed by atoms with van der Waals surface area (Å²) in [4.78, 5) is 23.1. The second kappa shape index (κ2) is 10.0. The molecule has 0 saturated carbocycles. The third-order valence-electron chi connectivity index (χ3n) is 6.05. The van der Waals surface area contributed by atoms with Crippen molar-refractivity contribution in [3.8, 4) is 5.75 Å². The number of aryl methyl sites for hydroxylation is 1. The minimum absolute atomic E-state index is 0.0384. The molecule has 1 aromatic heterocycles. The molecule has 6 nitrogen and oxygen atoms in total. The second-order valence-corrected chi connectivity index (χ2v) is 8.36. The first-order valence-electron chi connectivity index (χ1n) is 11.4. The Kier molecular flexibility index (Phi) is 6.90. The lowest BCUT2D eigenvalue weighted by Crippen LogP contribution is -2.48. The number of aromatic nitrogens is 2. The van der Waals surface area contributed by atoms with Gasteiger partial charge in [0.15, 0.2) is 0 Å². The van der Waals surface area contributed by atoms with Gasteiger partial charge in [0.25, 0.3) is 5.56 Å². The number of unbranched alkanes of at least 4 members (excludes halogenated alkanes) is 2. The van der Waals surface area contributed by atoms with E-state index < -0.39 is 0 Å². The van der Waals surface area contributed by atoms with Crippen LogP contribution in [0.25, 0.3) is 0 Å². The zero-order chi connectivity index (χ0) is 22.5. The summed E-state index contributed by atoms with van der Waals surface area (Å²) in [5, 5.41) is 0. The van der Waals surface area contributed by atoms with Gasteiger partial charge in [-0.05, 0) is 31.0 Å². The van der Waals surface area contributed by atoms with Gasteiger partial charge in [-0.25, -0.2) is 4.98 Å². The number of ether oxygens (including phenoxy) is 1. The molecule has 3 aromatic rings. The van der Waals surface area contributed by atoms with E-state index in [-0.39, 0.29) is 5.56 Å². The molecule has 0 spiro atoms. The van der Waals surface area contributed by atoms with E-state index in [2.05, 4.69) is 28.9 Å². The second-order valence-electron chi connectivity index (χ2n) is 8.36. The van der Waals surface area contributed by atoms with Crippen LogP contribution in [0.3, 0.4) is 0 Å². The fourth-order valence-electron chi connectivity index (χ4n) is 4.29. The maximum Gasteiger partial charge on any atom is 0.259 e. The van der Waals surface area contributed by atoms with E-state index in [1.54, 1.807) is 7.11 Å². The SMILES string of the molecule is CCCCCN1CN(c2ccccc2OC)c2nc(C)c(Cc3ccccc3)c(=O)n2C1. The smallest absolute Gasteiger partial charge is 0.259 e. The first-order valence-corrected chi connectivity index (χ1v) is 11.4. The molecule has 1 aliphatic heterocycles. The van der Waals surface area contributed by atoms with Gasteiger partial charge in [0.2, 0.25) is 5.95 Å². The van der Waals surface area contributed by atoms with E-state index in [9.17, 15) is 4.79 Å². The van der Waals surface area contributed by atoms with Crippen LogP contribution in [0.2, 0.25) is 0 Å². The summed E-state index contributed by atoms with van der Waals surface area (Å²) in [6.45, 7) is 6.31. The van der Waals surface area contributed by atoms with Crippen LogP contribution >= 0.6 is 0 Å². The monoisotopic (exact) mass is 432 g/mol. The summed E-state index contributed by atoms with van der Waals surface area (Å²) >= 11 is 0. The summed E-state index contributed by atoms with van der Waals surface area (Å²) in [7, 11) is 1.68. The van der Waals surface area contributed by atoms with Crippen molar-refractivity contribution in [3.63, 3.8) is 0 Å². The zero-order valence-electron chi connectivity index (χ0n) is 19.3. The van der Waals surface area contributed by atoms with E-state index in [0.717, 1.165) is 41.2 Å². The number of rotatable bonds is 8. The Balaban J connectivity index is 1.78. The number of benzene rings is 2. The van der Waals surface area contributed by atoms with Gasteiger partial charge in [-0.15, -0.1) is 0 Å². The highest BCUT2D eigenvalue weighted by atomic mass is 16.5. The molecule has 168 valence electrons. The van der Waals surface area contributed by atoms with Gasteiger partial charge in [-0.2, -0.15) is 0 Å². The van der Waals surface area contributed by atoms with Gasteiger partial charge < -0.3 is 4.74 Å². The number of fused-ring (bicyclic) bond motifs is 1. The van der Waals surface area contributed by atoms with Crippen LogP contribution in [0.1, 0.15) is 43.0 Å². The Bertz CT molecular complexity index is 1110. The van der Waals surface area contributed by atoms with E-state index in [4.69, 9.17) is 9.72 Å². The van der Waals surface area contributed by atoms with Crippen molar-refractivity contribution >= 4 is 11.6 Å². The molecule has 0 N–H and O–H groups in total. The van der Waals surface area contributed by atoms with Crippen molar-refractivity contribution in [3.05, 3.63) is 81.8 Å². The lowest BCUT2D eigenvalue weighted by Gasteiger charge is -2.39. The molecule has 0 bridgehead atoms. The summed E-state index contributed by atoms with van der Waals surface area (Å²) in [5.74, 6) is 1.45. The number of hydrogen-bond donors (Lipinski definition) is 0. The Morgan fingerprint density at radius 3 is 2.50 bits per heavy atom. The van der Waals surface area contributed by atoms with Gasteiger partial charge in [0.05, 0.1) is 31.8 Å². The molecule has 0 saturated heterocycles. The maximum atomic E-state index is 13.7. The lowest BCUT2D eigenvalue weighted by molar-refractivity contribution is 0.194. The highest BCUT2D eigenvalue weighted by Crippen LogP contribution is 2.34. The van der Waals surface area contributed by atoms with Crippen LogP contribution in [0.15, 0.2) is 59.4 Å². The zero-order valence-corrected chi connectivity index (χ0v) is 19.3. The quantitative estimate of drug-likeness (QED) is 0.483. The van der Waals surface area contributed by atoms with Crippen LogP contribution in [0.4, 0.5) is 11.6 Å². The number of hydrogen-bond acceptors (Lipinski definition) is 5. The fourth-order valence-corrected chi connectivity index (χ4v) is 4.29. The molecule has 0 fully saturated rings.